The number of carbonyl (C=O) groups excluding carboxylic acids is 1. The second kappa shape index (κ2) is 5.17. The summed E-state index contributed by atoms with van der Waals surface area (Å²) in [6, 6.07) is 0.361. The summed E-state index contributed by atoms with van der Waals surface area (Å²) in [5, 5.41) is 0. The SMILES string of the molecule is CC1CCN(C(=O)COC(C)(C)C)C(C)C1. The van der Waals surface area contributed by atoms with Gasteiger partial charge in [-0.15, -0.1) is 0 Å². The molecule has 0 N–H and O–H groups in total. The summed E-state index contributed by atoms with van der Waals surface area (Å²) in [7, 11) is 0. The van der Waals surface area contributed by atoms with Crippen LogP contribution >= 0.6 is 0 Å². The molecule has 1 saturated heterocycles. The van der Waals surface area contributed by atoms with Crippen LogP contribution in [-0.2, 0) is 9.53 Å². The second-order valence-corrected chi connectivity index (χ2v) is 5.97. The molecule has 0 aliphatic carbocycles. The highest BCUT2D eigenvalue weighted by Crippen LogP contribution is 2.22. The summed E-state index contributed by atoms with van der Waals surface area (Å²) >= 11 is 0. The van der Waals surface area contributed by atoms with Gasteiger partial charge in [0.25, 0.3) is 0 Å². The summed E-state index contributed by atoms with van der Waals surface area (Å²) in [5.41, 5.74) is -0.234. The molecule has 1 heterocycles. The zero-order valence-electron chi connectivity index (χ0n) is 11.2. The third-order valence-corrected chi connectivity index (χ3v) is 3.09. The summed E-state index contributed by atoms with van der Waals surface area (Å²) in [6.45, 7) is 11.4. The predicted octanol–water partition coefficient (Wildman–Crippen LogP) is 2.45. The number of piperidine rings is 1. The fourth-order valence-corrected chi connectivity index (χ4v) is 2.14. The van der Waals surface area contributed by atoms with Crippen molar-refractivity contribution in [2.75, 3.05) is 13.2 Å². The van der Waals surface area contributed by atoms with Crippen LogP contribution in [0.25, 0.3) is 0 Å². The first-order chi connectivity index (χ1) is 7.29. The Bertz CT molecular complexity index is 245. The van der Waals surface area contributed by atoms with E-state index in [4.69, 9.17) is 4.74 Å². The van der Waals surface area contributed by atoms with Gasteiger partial charge in [-0.1, -0.05) is 6.92 Å². The van der Waals surface area contributed by atoms with Crippen molar-refractivity contribution in [3.05, 3.63) is 0 Å². The van der Waals surface area contributed by atoms with Crippen LogP contribution in [0.2, 0.25) is 0 Å². The lowest BCUT2D eigenvalue weighted by atomic mass is 9.93. The zero-order chi connectivity index (χ0) is 12.3. The van der Waals surface area contributed by atoms with Crippen LogP contribution in [-0.4, -0.2) is 35.6 Å². The lowest BCUT2D eigenvalue weighted by molar-refractivity contribution is -0.144. The van der Waals surface area contributed by atoms with Crippen molar-refractivity contribution < 1.29 is 9.53 Å². The van der Waals surface area contributed by atoms with Crippen molar-refractivity contribution in [1.82, 2.24) is 4.90 Å². The van der Waals surface area contributed by atoms with Crippen LogP contribution in [0, 0.1) is 5.92 Å². The van der Waals surface area contributed by atoms with Crippen molar-refractivity contribution in [1.29, 1.82) is 0 Å². The molecule has 1 fully saturated rings. The molecule has 16 heavy (non-hydrogen) atoms. The minimum Gasteiger partial charge on any atom is -0.366 e. The number of likely N-dealkylation sites (tertiary alicyclic amines) is 1. The molecule has 0 radical (unpaired) electrons. The third-order valence-electron chi connectivity index (χ3n) is 3.09. The van der Waals surface area contributed by atoms with E-state index in [1.807, 2.05) is 25.7 Å². The monoisotopic (exact) mass is 227 g/mol. The molecule has 3 nitrogen and oxygen atoms in total. The van der Waals surface area contributed by atoms with E-state index in [1.54, 1.807) is 0 Å². The number of hydrogen-bond acceptors (Lipinski definition) is 2. The Hall–Kier alpha value is -0.570. The summed E-state index contributed by atoms with van der Waals surface area (Å²) in [5.74, 6) is 0.872. The number of carbonyl (C=O) groups is 1. The van der Waals surface area contributed by atoms with E-state index in [2.05, 4.69) is 13.8 Å². The van der Waals surface area contributed by atoms with E-state index in [-0.39, 0.29) is 18.1 Å². The first kappa shape index (κ1) is 13.5. The molecule has 0 bridgehead atoms. The molecule has 1 aliphatic heterocycles. The van der Waals surface area contributed by atoms with Gasteiger partial charge in [0.1, 0.15) is 6.61 Å². The molecule has 0 aromatic carbocycles. The second-order valence-electron chi connectivity index (χ2n) is 5.97. The molecule has 0 aromatic rings. The zero-order valence-corrected chi connectivity index (χ0v) is 11.2. The van der Waals surface area contributed by atoms with Crippen LogP contribution in [0.4, 0.5) is 0 Å². The van der Waals surface area contributed by atoms with Crippen LogP contribution in [0.3, 0.4) is 0 Å². The summed E-state index contributed by atoms with van der Waals surface area (Å²) < 4.78 is 5.53. The van der Waals surface area contributed by atoms with Gasteiger partial charge in [-0.2, -0.15) is 0 Å². The summed E-state index contributed by atoms with van der Waals surface area (Å²) in [6.07, 6.45) is 2.23. The quantitative estimate of drug-likeness (QED) is 0.725. The van der Waals surface area contributed by atoms with Gasteiger partial charge in [0.2, 0.25) is 5.91 Å². The van der Waals surface area contributed by atoms with Gasteiger partial charge in [-0.05, 0) is 46.5 Å². The Morgan fingerprint density at radius 3 is 2.50 bits per heavy atom. The molecule has 1 aliphatic rings. The predicted molar refractivity (Wildman–Crippen MR) is 65.3 cm³/mol. The molecular formula is C13H25NO2. The number of hydrogen-bond donors (Lipinski definition) is 0. The number of rotatable bonds is 2. The van der Waals surface area contributed by atoms with Gasteiger partial charge in [-0.25, -0.2) is 0 Å². The van der Waals surface area contributed by atoms with Gasteiger partial charge in [-0.3, -0.25) is 4.79 Å². The van der Waals surface area contributed by atoms with Crippen LogP contribution < -0.4 is 0 Å². The smallest absolute Gasteiger partial charge is 0.248 e. The molecule has 2 atom stereocenters. The molecule has 1 rings (SSSR count). The molecular weight excluding hydrogens is 202 g/mol. The molecule has 0 aromatic heterocycles. The van der Waals surface area contributed by atoms with Crippen molar-refractivity contribution >= 4 is 5.91 Å². The number of nitrogens with zero attached hydrogens (tertiary/aromatic N) is 1. The van der Waals surface area contributed by atoms with Crippen molar-refractivity contribution in [2.24, 2.45) is 5.92 Å². The molecule has 94 valence electrons. The molecule has 3 heteroatoms. The lowest BCUT2D eigenvalue weighted by Gasteiger charge is -2.37. The minimum atomic E-state index is -0.234. The molecule has 0 saturated carbocycles. The molecule has 2 unspecified atom stereocenters. The van der Waals surface area contributed by atoms with Crippen LogP contribution in [0.1, 0.15) is 47.5 Å². The third kappa shape index (κ3) is 4.12. The lowest BCUT2D eigenvalue weighted by Crippen LogP contribution is -2.46. The highest BCUT2D eigenvalue weighted by molar-refractivity contribution is 5.77. The van der Waals surface area contributed by atoms with Gasteiger partial charge in [0.15, 0.2) is 0 Å². The number of ether oxygens (including phenoxy) is 1. The topological polar surface area (TPSA) is 29.5 Å². The average Bonchev–Trinajstić information content (AvgIpc) is 2.13. The Morgan fingerprint density at radius 1 is 1.38 bits per heavy atom. The average molecular weight is 227 g/mol. The maximum Gasteiger partial charge on any atom is 0.248 e. The maximum atomic E-state index is 12.0. The van der Waals surface area contributed by atoms with E-state index >= 15 is 0 Å². The normalized spacial score (nSPS) is 26.9. The molecule has 1 amide bonds. The Labute approximate surface area is 99.1 Å². The van der Waals surface area contributed by atoms with E-state index in [0.717, 1.165) is 25.3 Å². The van der Waals surface area contributed by atoms with E-state index < -0.39 is 0 Å². The highest BCUT2D eigenvalue weighted by atomic mass is 16.5. The van der Waals surface area contributed by atoms with Gasteiger partial charge < -0.3 is 9.64 Å². The minimum absolute atomic E-state index is 0.134. The standard InChI is InChI=1S/C13H25NO2/c1-10-6-7-14(11(2)8-10)12(15)9-16-13(3,4)5/h10-11H,6-9H2,1-5H3. The van der Waals surface area contributed by atoms with Crippen LogP contribution in [0.5, 0.6) is 0 Å². The van der Waals surface area contributed by atoms with Crippen LogP contribution in [0.15, 0.2) is 0 Å². The fraction of sp³-hybridized carbons (Fsp3) is 0.923. The highest BCUT2D eigenvalue weighted by Gasteiger charge is 2.27. The van der Waals surface area contributed by atoms with E-state index in [1.165, 1.54) is 0 Å². The van der Waals surface area contributed by atoms with Crippen molar-refractivity contribution in [2.45, 2.75) is 59.1 Å². The van der Waals surface area contributed by atoms with Crippen molar-refractivity contribution in [3.8, 4) is 0 Å². The van der Waals surface area contributed by atoms with Gasteiger partial charge in [0, 0.05) is 12.6 Å². The maximum absolute atomic E-state index is 12.0. The first-order valence-corrected chi connectivity index (χ1v) is 6.23. The van der Waals surface area contributed by atoms with Gasteiger partial charge in [0.05, 0.1) is 5.60 Å². The first-order valence-electron chi connectivity index (χ1n) is 6.23. The fourth-order valence-electron chi connectivity index (χ4n) is 2.14. The Morgan fingerprint density at radius 2 is 2.00 bits per heavy atom. The van der Waals surface area contributed by atoms with E-state index in [9.17, 15) is 4.79 Å². The molecule has 0 spiro atoms. The Balaban J connectivity index is 2.42. The summed E-state index contributed by atoms with van der Waals surface area (Å²) in [4.78, 5) is 13.9. The largest absolute Gasteiger partial charge is 0.366 e. The Kier molecular flexibility index (Phi) is 4.36. The van der Waals surface area contributed by atoms with Crippen molar-refractivity contribution in [3.63, 3.8) is 0 Å². The van der Waals surface area contributed by atoms with E-state index in [0.29, 0.717) is 6.04 Å². The number of amides is 1. The van der Waals surface area contributed by atoms with Gasteiger partial charge >= 0.3 is 0 Å².